The highest BCUT2D eigenvalue weighted by atomic mass is 127. The number of hydrogen-bond acceptors (Lipinski definition) is 4. The van der Waals surface area contributed by atoms with E-state index in [-0.39, 0.29) is 24.0 Å². The second kappa shape index (κ2) is 15.2. The molecule has 0 aliphatic heterocycles. The van der Waals surface area contributed by atoms with Gasteiger partial charge in [0.2, 0.25) is 0 Å². The van der Waals surface area contributed by atoms with Gasteiger partial charge in [-0.15, -0.1) is 24.0 Å². The molecule has 0 aliphatic carbocycles. The normalized spacial score (nSPS) is 11.2. The van der Waals surface area contributed by atoms with Gasteiger partial charge in [0.25, 0.3) is 0 Å². The van der Waals surface area contributed by atoms with E-state index in [4.69, 9.17) is 9.47 Å². The lowest BCUT2D eigenvalue weighted by Gasteiger charge is -2.13. The first-order valence-corrected chi connectivity index (χ1v) is 8.54. The Kier molecular flexibility index (Phi) is 14.6. The van der Waals surface area contributed by atoms with E-state index in [2.05, 4.69) is 46.8 Å². The second-order valence-corrected chi connectivity index (χ2v) is 5.70. The van der Waals surface area contributed by atoms with Crippen molar-refractivity contribution in [3.8, 4) is 5.75 Å². The minimum absolute atomic E-state index is 0. The maximum atomic E-state index is 5.74. The van der Waals surface area contributed by atoms with Gasteiger partial charge in [-0.05, 0) is 45.1 Å². The first-order valence-electron chi connectivity index (χ1n) is 8.54. The quantitative estimate of drug-likeness (QED) is 0.228. The van der Waals surface area contributed by atoms with Gasteiger partial charge in [-0.3, -0.25) is 4.99 Å². The van der Waals surface area contributed by atoms with Gasteiger partial charge in [-0.2, -0.15) is 0 Å². The monoisotopic (exact) mass is 464 g/mol. The third-order valence-electron chi connectivity index (χ3n) is 3.37. The standard InChI is InChI=1S/C18H32N4O2.HI/c1-5-23-14-11-20-18(19-2)21-15-16-7-9-17(10-8-16)24-13-6-12-22(3)4;/h7-10H,5-6,11-15H2,1-4H3,(H2,19,20,21);1H. The SMILES string of the molecule is CCOCCNC(=NC)NCc1ccc(OCCCN(C)C)cc1.I. The number of halogens is 1. The van der Waals surface area contributed by atoms with Crippen LogP contribution < -0.4 is 15.4 Å². The smallest absolute Gasteiger partial charge is 0.191 e. The Labute approximate surface area is 169 Å². The molecule has 144 valence electrons. The molecule has 0 amide bonds. The lowest BCUT2D eigenvalue weighted by Crippen LogP contribution is -2.38. The summed E-state index contributed by atoms with van der Waals surface area (Å²) in [5.41, 5.74) is 1.18. The van der Waals surface area contributed by atoms with Crippen LogP contribution in [0.2, 0.25) is 0 Å². The topological polar surface area (TPSA) is 58.1 Å². The molecule has 1 rings (SSSR count). The summed E-state index contributed by atoms with van der Waals surface area (Å²) in [5.74, 6) is 1.69. The Hall–Kier alpha value is -1.06. The average Bonchev–Trinajstić information content (AvgIpc) is 2.59. The van der Waals surface area contributed by atoms with Crippen molar-refractivity contribution in [2.75, 3.05) is 54.1 Å². The second-order valence-electron chi connectivity index (χ2n) is 5.70. The van der Waals surface area contributed by atoms with Crippen molar-refractivity contribution in [1.29, 1.82) is 0 Å². The molecule has 0 fully saturated rings. The van der Waals surface area contributed by atoms with Gasteiger partial charge in [-0.25, -0.2) is 0 Å². The van der Waals surface area contributed by atoms with Gasteiger partial charge < -0.3 is 25.0 Å². The maximum absolute atomic E-state index is 5.74. The molecule has 6 nitrogen and oxygen atoms in total. The van der Waals surface area contributed by atoms with Crippen LogP contribution in [0, 0.1) is 0 Å². The van der Waals surface area contributed by atoms with Crippen molar-refractivity contribution in [3.05, 3.63) is 29.8 Å². The average molecular weight is 464 g/mol. The predicted molar refractivity (Wildman–Crippen MR) is 115 cm³/mol. The molecule has 0 radical (unpaired) electrons. The van der Waals surface area contributed by atoms with Gasteiger partial charge in [0.05, 0.1) is 13.2 Å². The van der Waals surface area contributed by atoms with E-state index >= 15 is 0 Å². The van der Waals surface area contributed by atoms with E-state index in [0.717, 1.165) is 51.0 Å². The molecular formula is C18H33IN4O2. The van der Waals surface area contributed by atoms with E-state index in [1.54, 1.807) is 7.05 Å². The Bertz CT molecular complexity index is 467. The van der Waals surface area contributed by atoms with Gasteiger partial charge in [0, 0.05) is 33.3 Å². The van der Waals surface area contributed by atoms with Gasteiger partial charge in [0.15, 0.2) is 5.96 Å². The number of nitrogens with one attached hydrogen (secondary N) is 2. The molecule has 0 saturated carbocycles. The maximum Gasteiger partial charge on any atom is 0.191 e. The number of nitrogens with zero attached hydrogens (tertiary/aromatic N) is 2. The summed E-state index contributed by atoms with van der Waals surface area (Å²) in [6, 6.07) is 8.17. The van der Waals surface area contributed by atoms with Crippen LogP contribution in [-0.2, 0) is 11.3 Å². The van der Waals surface area contributed by atoms with Crippen LogP contribution in [0.4, 0.5) is 0 Å². The van der Waals surface area contributed by atoms with E-state index in [1.165, 1.54) is 5.56 Å². The van der Waals surface area contributed by atoms with E-state index < -0.39 is 0 Å². The number of rotatable bonds is 11. The summed E-state index contributed by atoms with van der Waals surface area (Å²) in [6.45, 7) is 6.64. The zero-order valence-electron chi connectivity index (χ0n) is 15.9. The third kappa shape index (κ3) is 12.0. The van der Waals surface area contributed by atoms with E-state index in [1.807, 2.05) is 19.1 Å². The number of benzene rings is 1. The summed E-state index contributed by atoms with van der Waals surface area (Å²) in [5, 5.41) is 6.50. The van der Waals surface area contributed by atoms with Crippen LogP contribution in [0.1, 0.15) is 18.9 Å². The molecule has 7 heteroatoms. The van der Waals surface area contributed by atoms with Crippen molar-refractivity contribution in [2.24, 2.45) is 4.99 Å². The molecule has 2 N–H and O–H groups in total. The summed E-state index contributed by atoms with van der Waals surface area (Å²) in [7, 11) is 5.91. The van der Waals surface area contributed by atoms with Crippen LogP contribution in [0.3, 0.4) is 0 Å². The van der Waals surface area contributed by atoms with Crippen LogP contribution in [0.15, 0.2) is 29.3 Å². The molecule has 0 atom stereocenters. The summed E-state index contributed by atoms with van der Waals surface area (Å²) >= 11 is 0. The lowest BCUT2D eigenvalue weighted by atomic mass is 10.2. The molecule has 0 bridgehead atoms. The van der Waals surface area contributed by atoms with Gasteiger partial charge in [-0.1, -0.05) is 12.1 Å². The summed E-state index contributed by atoms with van der Waals surface area (Å²) in [6.07, 6.45) is 1.03. The summed E-state index contributed by atoms with van der Waals surface area (Å²) in [4.78, 5) is 6.35. The van der Waals surface area contributed by atoms with Crippen molar-refractivity contribution < 1.29 is 9.47 Å². The van der Waals surface area contributed by atoms with Crippen molar-refractivity contribution in [3.63, 3.8) is 0 Å². The highest BCUT2D eigenvalue weighted by Crippen LogP contribution is 2.12. The molecule has 0 aliphatic rings. The third-order valence-corrected chi connectivity index (χ3v) is 3.37. The van der Waals surface area contributed by atoms with Crippen LogP contribution >= 0.6 is 24.0 Å². The highest BCUT2D eigenvalue weighted by Gasteiger charge is 2.00. The van der Waals surface area contributed by atoms with Gasteiger partial charge >= 0.3 is 0 Å². The van der Waals surface area contributed by atoms with Crippen molar-refractivity contribution >= 4 is 29.9 Å². The van der Waals surface area contributed by atoms with Crippen LogP contribution in [0.25, 0.3) is 0 Å². The van der Waals surface area contributed by atoms with Crippen molar-refractivity contribution in [2.45, 2.75) is 19.9 Å². The molecule has 0 aromatic heterocycles. The molecule has 0 heterocycles. The largest absolute Gasteiger partial charge is 0.494 e. The molecular weight excluding hydrogens is 431 g/mol. The first kappa shape index (κ1) is 23.9. The van der Waals surface area contributed by atoms with E-state index in [0.29, 0.717) is 6.61 Å². The zero-order chi connectivity index (χ0) is 17.6. The Morgan fingerprint density at radius 2 is 1.84 bits per heavy atom. The Morgan fingerprint density at radius 1 is 1.12 bits per heavy atom. The fourth-order valence-corrected chi connectivity index (χ4v) is 2.07. The molecule has 1 aromatic carbocycles. The first-order chi connectivity index (χ1) is 11.7. The van der Waals surface area contributed by atoms with Gasteiger partial charge in [0.1, 0.15) is 5.75 Å². The van der Waals surface area contributed by atoms with Crippen molar-refractivity contribution in [1.82, 2.24) is 15.5 Å². The predicted octanol–water partition coefficient (Wildman–Crippen LogP) is 2.34. The fourth-order valence-electron chi connectivity index (χ4n) is 2.07. The lowest BCUT2D eigenvalue weighted by molar-refractivity contribution is 0.152. The molecule has 0 saturated heterocycles. The number of guanidine groups is 1. The molecule has 0 unspecified atom stereocenters. The minimum Gasteiger partial charge on any atom is -0.494 e. The molecule has 0 spiro atoms. The number of ether oxygens (including phenoxy) is 2. The zero-order valence-corrected chi connectivity index (χ0v) is 18.2. The Balaban J connectivity index is 0.00000576. The van der Waals surface area contributed by atoms with Crippen LogP contribution in [-0.4, -0.2) is 64.9 Å². The fraction of sp³-hybridized carbons (Fsp3) is 0.611. The number of hydrogen-bond donors (Lipinski definition) is 2. The molecule has 25 heavy (non-hydrogen) atoms. The minimum atomic E-state index is 0. The van der Waals surface area contributed by atoms with E-state index in [9.17, 15) is 0 Å². The highest BCUT2D eigenvalue weighted by molar-refractivity contribution is 14.0. The molecule has 1 aromatic rings. The van der Waals surface area contributed by atoms with Crippen LogP contribution in [0.5, 0.6) is 5.75 Å². The summed E-state index contributed by atoms with van der Waals surface area (Å²) < 4.78 is 11.0. The Morgan fingerprint density at radius 3 is 2.44 bits per heavy atom. The number of aliphatic imine (C=N–C) groups is 1.